The molecular weight excluding hydrogens is 467 g/mol. The minimum absolute atomic E-state index is 0. The Balaban J connectivity index is 0.00000392. The van der Waals surface area contributed by atoms with E-state index in [0.29, 0.717) is 18.6 Å². The highest BCUT2D eigenvalue weighted by atomic mass is 127. The van der Waals surface area contributed by atoms with E-state index in [1.54, 1.807) is 14.2 Å². The van der Waals surface area contributed by atoms with Gasteiger partial charge in [-0.1, -0.05) is 0 Å². The Labute approximate surface area is 187 Å². The van der Waals surface area contributed by atoms with Crippen LogP contribution in [0.5, 0.6) is 11.5 Å². The van der Waals surface area contributed by atoms with Crippen LogP contribution in [0.1, 0.15) is 39.2 Å². The fourth-order valence-corrected chi connectivity index (χ4v) is 3.44. The van der Waals surface area contributed by atoms with Gasteiger partial charge in [0.2, 0.25) is 0 Å². The van der Waals surface area contributed by atoms with Gasteiger partial charge in [-0.15, -0.1) is 24.0 Å². The van der Waals surface area contributed by atoms with Gasteiger partial charge in [0, 0.05) is 38.3 Å². The van der Waals surface area contributed by atoms with E-state index in [1.807, 2.05) is 18.2 Å². The number of halogens is 1. The van der Waals surface area contributed by atoms with Crippen molar-refractivity contribution in [2.75, 3.05) is 40.4 Å². The van der Waals surface area contributed by atoms with Crippen LogP contribution in [0.3, 0.4) is 0 Å². The first-order valence-electron chi connectivity index (χ1n) is 10.1. The number of methoxy groups -OCH3 is 2. The van der Waals surface area contributed by atoms with Crippen molar-refractivity contribution in [1.82, 2.24) is 15.5 Å². The molecule has 1 aromatic rings. The molecule has 7 heteroatoms. The molecule has 0 unspecified atom stereocenters. The fourth-order valence-electron chi connectivity index (χ4n) is 3.44. The number of hydrogen-bond donors (Lipinski definition) is 2. The lowest BCUT2D eigenvalue weighted by Gasteiger charge is -2.35. The van der Waals surface area contributed by atoms with Crippen molar-refractivity contribution in [3.8, 4) is 11.5 Å². The third-order valence-corrected chi connectivity index (χ3v) is 5.08. The smallest absolute Gasteiger partial charge is 0.191 e. The number of ether oxygens (including phenoxy) is 2. The summed E-state index contributed by atoms with van der Waals surface area (Å²) in [5.41, 5.74) is 1.11. The van der Waals surface area contributed by atoms with E-state index in [1.165, 1.54) is 0 Å². The first-order chi connectivity index (χ1) is 13.1. The number of guanidine groups is 1. The molecule has 0 saturated carbocycles. The Morgan fingerprint density at radius 2 is 1.93 bits per heavy atom. The predicted molar refractivity (Wildman–Crippen MR) is 128 cm³/mol. The van der Waals surface area contributed by atoms with Crippen LogP contribution in [0.2, 0.25) is 0 Å². The highest BCUT2D eigenvalue weighted by Gasteiger charge is 2.21. The summed E-state index contributed by atoms with van der Waals surface area (Å²) in [6.45, 7) is 10.5. The van der Waals surface area contributed by atoms with Crippen molar-refractivity contribution in [1.29, 1.82) is 0 Å². The van der Waals surface area contributed by atoms with Crippen molar-refractivity contribution < 1.29 is 9.47 Å². The maximum absolute atomic E-state index is 5.46. The quantitative estimate of drug-likeness (QED) is 0.323. The molecule has 0 spiro atoms. The summed E-state index contributed by atoms with van der Waals surface area (Å²) in [7, 11) is 3.38. The van der Waals surface area contributed by atoms with Crippen LogP contribution >= 0.6 is 24.0 Å². The van der Waals surface area contributed by atoms with Crippen LogP contribution in [0, 0.1) is 0 Å². The second-order valence-electron chi connectivity index (χ2n) is 7.24. The zero-order chi connectivity index (χ0) is 19.6. The van der Waals surface area contributed by atoms with Gasteiger partial charge in [-0.25, -0.2) is 0 Å². The minimum atomic E-state index is 0. The summed E-state index contributed by atoms with van der Waals surface area (Å²) in [5, 5.41) is 6.98. The van der Waals surface area contributed by atoms with Gasteiger partial charge in [0.05, 0.1) is 14.2 Å². The van der Waals surface area contributed by atoms with Crippen LogP contribution in [0.15, 0.2) is 23.2 Å². The van der Waals surface area contributed by atoms with E-state index in [9.17, 15) is 0 Å². The topological polar surface area (TPSA) is 58.1 Å². The standard InChI is InChI=1S/C21H36N4O2.HI/c1-6-22-21(24-18-10-13-25(14-11-18)16(2)3)23-12-9-17-15-19(26-4)7-8-20(17)27-5;/h7-8,15-16,18H,6,9-14H2,1-5H3,(H2,22,23,24);1H. The number of benzene rings is 1. The van der Waals surface area contributed by atoms with Gasteiger partial charge in [0.15, 0.2) is 5.96 Å². The molecule has 0 radical (unpaired) electrons. The van der Waals surface area contributed by atoms with Gasteiger partial charge in [-0.05, 0) is 63.8 Å². The predicted octanol–water partition coefficient (Wildman–Crippen LogP) is 3.29. The average Bonchev–Trinajstić information content (AvgIpc) is 2.68. The van der Waals surface area contributed by atoms with Crippen LogP contribution in [-0.4, -0.2) is 63.3 Å². The van der Waals surface area contributed by atoms with Gasteiger partial charge in [0.25, 0.3) is 0 Å². The van der Waals surface area contributed by atoms with Gasteiger partial charge < -0.3 is 25.0 Å². The molecule has 0 bridgehead atoms. The second kappa shape index (κ2) is 13.1. The van der Waals surface area contributed by atoms with Gasteiger partial charge >= 0.3 is 0 Å². The average molecular weight is 504 g/mol. The SMILES string of the molecule is CCNC(=NCCc1cc(OC)ccc1OC)NC1CCN(C(C)C)CC1.I. The molecule has 1 aliphatic heterocycles. The minimum Gasteiger partial charge on any atom is -0.497 e. The first-order valence-corrected chi connectivity index (χ1v) is 10.1. The van der Waals surface area contributed by atoms with Crippen molar-refractivity contribution >= 4 is 29.9 Å². The van der Waals surface area contributed by atoms with E-state index >= 15 is 0 Å². The number of rotatable bonds is 8. The number of nitrogens with one attached hydrogen (secondary N) is 2. The molecule has 160 valence electrons. The molecule has 0 aliphatic carbocycles. The number of hydrogen-bond acceptors (Lipinski definition) is 4. The van der Waals surface area contributed by atoms with Crippen molar-refractivity contribution in [3.63, 3.8) is 0 Å². The van der Waals surface area contributed by atoms with E-state index < -0.39 is 0 Å². The number of aliphatic imine (C=N–C) groups is 1. The molecule has 0 atom stereocenters. The zero-order valence-electron chi connectivity index (χ0n) is 18.0. The van der Waals surface area contributed by atoms with Crippen LogP contribution in [-0.2, 0) is 6.42 Å². The molecule has 28 heavy (non-hydrogen) atoms. The second-order valence-corrected chi connectivity index (χ2v) is 7.24. The molecule has 1 heterocycles. The maximum atomic E-state index is 5.46. The molecular formula is C21H37IN4O2. The highest BCUT2D eigenvalue weighted by molar-refractivity contribution is 14.0. The summed E-state index contributed by atoms with van der Waals surface area (Å²) >= 11 is 0. The Kier molecular flexibility index (Phi) is 11.6. The third-order valence-electron chi connectivity index (χ3n) is 5.08. The summed E-state index contributed by atoms with van der Waals surface area (Å²) in [5.74, 6) is 2.63. The number of likely N-dealkylation sites (tertiary alicyclic amines) is 1. The molecule has 2 rings (SSSR count). The number of nitrogens with zero attached hydrogens (tertiary/aromatic N) is 2. The van der Waals surface area contributed by atoms with Gasteiger partial charge in [-0.2, -0.15) is 0 Å². The molecule has 6 nitrogen and oxygen atoms in total. The summed E-state index contributed by atoms with van der Waals surface area (Å²) in [6, 6.07) is 7.01. The van der Waals surface area contributed by atoms with Crippen LogP contribution < -0.4 is 20.1 Å². The zero-order valence-corrected chi connectivity index (χ0v) is 20.3. The van der Waals surface area contributed by atoms with Crippen molar-refractivity contribution in [2.45, 2.75) is 52.1 Å². The maximum Gasteiger partial charge on any atom is 0.191 e. The van der Waals surface area contributed by atoms with Crippen molar-refractivity contribution in [2.24, 2.45) is 4.99 Å². The summed E-state index contributed by atoms with van der Waals surface area (Å²) in [4.78, 5) is 7.31. The molecule has 0 amide bonds. The number of piperidine rings is 1. The normalized spacial score (nSPS) is 15.9. The molecule has 1 saturated heterocycles. The lowest BCUT2D eigenvalue weighted by molar-refractivity contribution is 0.167. The summed E-state index contributed by atoms with van der Waals surface area (Å²) in [6.07, 6.45) is 3.13. The lowest BCUT2D eigenvalue weighted by atomic mass is 10.0. The largest absolute Gasteiger partial charge is 0.497 e. The van der Waals surface area contributed by atoms with E-state index in [4.69, 9.17) is 14.5 Å². The van der Waals surface area contributed by atoms with E-state index in [2.05, 4.69) is 36.3 Å². The fraction of sp³-hybridized carbons (Fsp3) is 0.667. The monoisotopic (exact) mass is 504 g/mol. The third kappa shape index (κ3) is 7.66. The molecule has 1 aromatic carbocycles. The Morgan fingerprint density at radius 1 is 1.21 bits per heavy atom. The van der Waals surface area contributed by atoms with Crippen LogP contribution in [0.4, 0.5) is 0 Å². The molecule has 1 fully saturated rings. The molecule has 0 aromatic heterocycles. The van der Waals surface area contributed by atoms with Gasteiger partial charge in [-0.3, -0.25) is 4.99 Å². The molecule has 1 aliphatic rings. The van der Waals surface area contributed by atoms with E-state index in [-0.39, 0.29) is 24.0 Å². The van der Waals surface area contributed by atoms with Crippen LogP contribution in [0.25, 0.3) is 0 Å². The summed E-state index contributed by atoms with van der Waals surface area (Å²) < 4.78 is 10.8. The Bertz CT molecular complexity index is 602. The molecule has 2 N–H and O–H groups in total. The highest BCUT2D eigenvalue weighted by Crippen LogP contribution is 2.24. The van der Waals surface area contributed by atoms with Crippen molar-refractivity contribution in [3.05, 3.63) is 23.8 Å². The lowest BCUT2D eigenvalue weighted by Crippen LogP contribution is -2.49. The Hall–Kier alpha value is -1.22. The Morgan fingerprint density at radius 3 is 2.50 bits per heavy atom. The van der Waals surface area contributed by atoms with Gasteiger partial charge in [0.1, 0.15) is 11.5 Å². The first kappa shape index (κ1) is 24.8. The van der Waals surface area contributed by atoms with E-state index in [0.717, 1.165) is 61.9 Å².